The third-order valence-electron chi connectivity index (χ3n) is 4.99. The topological polar surface area (TPSA) is 23.8 Å². The Morgan fingerprint density at radius 2 is 1.64 bits per heavy atom. The Bertz CT molecular complexity index is 530. The van der Waals surface area contributed by atoms with Crippen LogP contribution < -0.4 is 0 Å². The molecule has 0 N–H and O–H groups in total. The summed E-state index contributed by atoms with van der Waals surface area (Å²) in [7, 11) is 0. The van der Waals surface area contributed by atoms with Crippen LogP contribution in [0.2, 0.25) is 0 Å². The van der Waals surface area contributed by atoms with Gasteiger partial charge in [-0.25, -0.2) is 0 Å². The van der Waals surface area contributed by atoms with Crippen molar-refractivity contribution in [3.63, 3.8) is 0 Å². The molecule has 0 heterocycles. The molecule has 2 rings (SSSR count). The second-order valence-electron chi connectivity index (χ2n) is 6.63. The fourth-order valence-corrected chi connectivity index (χ4v) is 3.53. The Morgan fingerprint density at radius 1 is 1.00 bits per heavy atom. The van der Waals surface area contributed by atoms with Gasteiger partial charge in [-0.1, -0.05) is 69.9 Å². The molecule has 0 atom stereocenters. The Hall–Kier alpha value is -1.73. The lowest BCUT2D eigenvalue weighted by Crippen LogP contribution is -2.15. The Labute approximate surface area is 135 Å². The summed E-state index contributed by atoms with van der Waals surface area (Å²) in [5.74, 6) is 7.21. The molecular formula is C21H27N. The lowest BCUT2D eigenvalue weighted by Gasteiger charge is -2.28. The number of nitriles is 1. The van der Waals surface area contributed by atoms with Crippen molar-refractivity contribution in [2.24, 2.45) is 11.8 Å². The molecule has 0 aromatic heterocycles. The van der Waals surface area contributed by atoms with Crippen molar-refractivity contribution in [1.82, 2.24) is 0 Å². The Balaban J connectivity index is 1.71. The van der Waals surface area contributed by atoms with Gasteiger partial charge in [-0.15, -0.1) is 0 Å². The predicted molar refractivity (Wildman–Crippen MR) is 92.2 cm³/mol. The first-order chi connectivity index (χ1) is 10.8. The molecule has 0 saturated heterocycles. The van der Waals surface area contributed by atoms with Crippen LogP contribution in [0.1, 0.15) is 69.4 Å². The van der Waals surface area contributed by atoms with Gasteiger partial charge in [-0.2, -0.15) is 5.26 Å². The molecule has 1 aliphatic rings. The highest BCUT2D eigenvalue weighted by atomic mass is 14.3. The summed E-state index contributed by atoms with van der Waals surface area (Å²) >= 11 is 0. The maximum Gasteiger partial charge on any atom is 0.152 e. The van der Waals surface area contributed by atoms with E-state index in [1.807, 2.05) is 18.2 Å². The van der Waals surface area contributed by atoms with Crippen LogP contribution in [-0.2, 0) is 6.42 Å². The SMILES string of the molecule is CCCC[C@H]1CC[C@H](CCc2ccc(C#CC#N)cc2)CC1. The largest absolute Gasteiger partial charge is 0.183 e. The van der Waals surface area contributed by atoms with Crippen LogP contribution in [-0.4, -0.2) is 0 Å². The van der Waals surface area contributed by atoms with Crippen LogP contribution in [0.15, 0.2) is 24.3 Å². The number of hydrogen-bond donors (Lipinski definition) is 0. The first kappa shape index (κ1) is 16.6. The maximum atomic E-state index is 8.45. The normalized spacial score (nSPS) is 20.7. The number of aryl methyl sites for hydroxylation is 1. The summed E-state index contributed by atoms with van der Waals surface area (Å²) in [5, 5.41) is 8.45. The van der Waals surface area contributed by atoms with Crippen LogP contribution in [0.5, 0.6) is 0 Å². The fraction of sp³-hybridized carbons (Fsp3) is 0.571. The van der Waals surface area contributed by atoms with Gasteiger partial charge < -0.3 is 0 Å². The summed E-state index contributed by atoms with van der Waals surface area (Å²) < 4.78 is 0. The van der Waals surface area contributed by atoms with E-state index in [1.165, 1.54) is 63.4 Å². The fourth-order valence-electron chi connectivity index (χ4n) is 3.53. The van der Waals surface area contributed by atoms with Gasteiger partial charge in [0.25, 0.3) is 0 Å². The van der Waals surface area contributed by atoms with Crippen molar-refractivity contribution in [3.05, 3.63) is 35.4 Å². The molecule has 116 valence electrons. The van der Waals surface area contributed by atoms with E-state index < -0.39 is 0 Å². The van der Waals surface area contributed by atoms with E-state index in [4.69, 9.17) is 5.26 Å². The predicted octanol–water partition coefficient (Wildman–Crippen LogP) is 5.49. The van der Waals surface area contributed by atoms with Crippen molar-refractivity contribution >= 4 is 0 Å². The number of unbranched alkanes of at least 4 members (excludes halogenated alkanes) is 1. The van der Waals surface area contributed by atoms with Crippen molar-refractivity contribution in [2.75, 3.05) is 0 Å². The van der Waals surface area contributed by atoms with E-state index in [0.29, 0.717) is 0 Å². The number of benzene rings is 1. The van der Waals surface area contributed by atoms with Crippen molar-refractivity contribution in [2.45, 2.75) is 64.7 Å². The van der Waals surface area contributed by atoms with E-state index in [1.54, 1.807) is 0 Å². The molecule has 0 radical (unpaired) electrons. The molecule has 1 nitrogen and oxygen atoms in total. The van der Waals surface area contributed by atoms with Crippen LogP contribution in [0.4, 0.5) is 0 Å². The molecule has 1 saturated carbocycles. The summed E-state index contributed by atoms with van der Waals surface area (Å²) in [4.78, 5) is 0. The third kappa shape index (κ3) is 5.57. The zero-order valence-electron chi connectivity index (χ0n) is 13.8. The van der Waals surface area contributed by atoms with Crippen LogP contribution in [0.3, 0.4) is 0 Å². The number of nitrogens with zero attached hydrogens (tertiary/aromatic N) is 1. The summed E-state index contributed by atoms with van der Waals surface area (Å²) in [6.45, 7) is 2.29. The molecule has 0 aliphatic heterocycles. The summed E-state index contributed by atoms with van der Waals surface area (Å²) in [6.07, 6.45) is 12.5. The molecule has 0 spiro atoms. The quantitative estimate of drug-likeness (QED) is 0.636. The average Bonchev–Trinajstić information content (AvgIpc) is 2.58. The monoisotopic (exact) mass is 293 g/mol. The molecule has 0 unspecified atom stereocenters. The van der Waals surface area contributed by atoms with E-state index >= 15 is 0 Å². The molecule has 1 heteroatoms. The van der Waals surface area contributed by atoms with E-state index in [9.17, 15) is 0 Å². The lowest BCUT2D eigenvalue weighted by molar-refractivity contribution is 0.250. The lowest BCUT2D eigenvalue weighted by atomic mass is 9.78. The first-order valence-corrected chi connectivity index (χ1v) is 8.81. The summed E-state index contributed by atoms with van der Waals surface area (Å²) in [5.41, 5.74) is 2.33. The minimum atomic E-state index is 0.927. The molecule has 1 aromatic carbocycles. The van der Waals surface area contributed by atoms with Gasteiger partial charge in [0, 0.05) is 11.5 Å². The minimum absolute atomic E-state index is 0.927. The zero-order chi connectivity index (χ0) is 15.6. The first-order valence-electron chi connectivity index (χ1n) is 8.81. The molecule has 1 aromatic rings. The van der Waals surface area contributed by atoms with Crippen LogP contribution >= 0.6 is 0 Å². The highest BCUT2D eigenvalue weighted by Crippen LogP contribution is 2.34. The molecule has 1 aliphatic carbocycles. The number of hydrogen-bond acceptors (Lipinski definition) is 1. The van der Waals surface area contributed by atoms with Crippen molar-refractivity contribution in [1.29, 1.82) is 5.26 Å². The van der Waals surface area contributed by atoms with Crippen LogP contribution in [0, 0.1) is 35.0 Å². The molecular weight excluding hydrogens is 266 g/mol. The highest BCUT2D eigenvalue weighted by molar-refractivity contribution is 5.39. The van der Waals surface area contributed by atoms with Gasteiger partial charge in [-0.05, 0) is 42.4 Å². The van der Waals surface area contributed by atoms with E-state index in [-0.39, 0.29) is 0 Å². The van der Waals surface area contributed by atoms with E-state index in [2.05, 4.69) is 30.9 Å². The van der Waals surface area contributed by atoms with Crippen LogP contribution in [0.25, 0.3) is 0 Å². The van der Waals surface area contributed by atoms with Gasteiger partial charge in [0.15, 0.2) is 6.07 Å². The molecule has 22 heavy (non-hydrogen) atoms. The van der Waals surface area contributed by atoms with Gasteiger partial charge in [0.05, 0.1) is 0 Å². The number of rotatable bonds is 6. The van der Waals surface area contributed by atoms with Gasteiger partial charge in [-0.3, -0.25) is 0 Å². The zero-order valence-corrected chi connectivity index (χ0v) is 13.8. The second kappa shape index (κ2) is 9.32. The Morgan fingerprint density at radius 3 is 2.23 bits per heavy atom. The van der Waals surface area contributed by atoms with Gasteiger partial charge in [0.2, 0.25) is 0 Å². The smallest absolute Gasteiger partial charge is 0.152 e. The van der Waals surface area contributed by atoms with Crippen molar-refractivity contribution in [3.8, 4) is 17.9 Å². The summed E-state index contributed by atoms with van der Waals surface area (Å²) in [6, 6.07) is 10.2. The van der Waals surface area contributed by atoms with E-state index in [0.717, 1.165) is 17.4 Å². The molecule has 0 bridgehead atoms. The third-order valence-corrected chi connectivity index (χ3v) is 4.99. The maximum absolute atomic E-state index is 8.45. The minimum Gasteiger partial charge on any atom is -0.183 e. The standard InChI is InChI=1S/C21H27N/c1-2-3-5-18-7-11-20(12-8-18)15-16-21-13-9-19(10-14-21)6-4-17-22/h9-10,13-14,18,20H,2-3,5,7-8,11-12,15-16H2,1H3/t18-,20-. The molecule has 1 fully saturated rings. The molecule has 0 amide bonds. The second-order valence-corrected chi connectivity index (χ2v) is 6.63. The van der Waals surface area contributed by atoms with Gasteiger partial charge in [0.1, 0.15) is 0 Å². The van der Waals surface area contributed by atoms with Crippen molar-refractivity contribution < 1.29 is 0 Å². The highest BCUT2D eigenvalue weighted by Gasteiger charge is 2.20. The average molecular weight is 293 g/mol. The Kier molecular flexibility index (Phi) is 7.05. The van der Waals surface area contributed by atoms with Gasteiger partial charge >= 0.3 is 0 Å².